The number of benzene rings is 1. The fraction of sp³-hybridized carbons (Fsp3) is 0.625. The second-order valence-electron chi connectivity index (χ2n) is 6.24. The van der Waals surface area contributed by atoms with Crippen molar-refractivity contribution in [2.24, 2.45) is 0 Å². The Kier molecular flexibility index (Phi) is 4.28. The number of hydrogen-bond donors (Lipinski definition) is 1. The van der Waals surface area contributed by atoms with Gasteiger partial charge in [-0.05, 0) is 44.7 Å². The smallest absolute Gasteiger partial charge is 0.0639 e. The molecule has 0 aromatic heterocycles. The fourth-order valence-corrected chi connectivity index (χ4v) is 3.86. The van der Waals surface area contributed by atoms with Crippen LogP contribution in [0.2, 0.25) is 10.0 Å². The van der Waals surface area contributed by atoms with Gasteiger partial charge in [-0.3, -0.25) is 4.90 Å². The lowest BCUT2D eigenvalue weighted by Gasteiger charge is -2.22. The number of hydrogen-bond acceptors (Lipinski definition) is 2. The zero-order valence-electron chi connectivity index (χ0n) is 12.1. The number of likely N-dealkylation sites (tertiary alicyclic amines) is 1. The van der Waals surface area contributed by atoms with Crippen LogP contribution < -0.4 is 5.32 Å². The zero-order chi connectivity index (χ0) is 14.3. The molecule has 110 valence electrons. The van der Waals surface area contributed by atoms with Gasteiger partial charge in [-0.1, -0.05) is 35.3 Å². The summed E-state index contributed by atoms with van der Waals surface area (Å²) in [6, 6.07) is 8.20. The maximum absolute atomic E-state index is 6.31. The molecule has 3 atom stereocenters. The molecule has 4 heteroatoms. The van der Waals surface area contributed by atoms with Crippen molar-refractivity contribution in [2.75, 3.05) is 6.54 Å². The normalized spacial score (nSPS) is 28.8. The molecule has 1 aromatic rings. The summed E-state index contributed by atoms with van der Waals surface area (Å²) in [7, 11) is 0. The second kappa shape index (κ2) is 5.84. The zero-order valence-corrected chi connectivity index (χ0v) is 13.6. The molecule has 0 radical (unpaired) electrons. The first-order chi connectivity index (χ1) is 9.56. The van der Waals surface area contributed by atoms with E-state index in [9.17, 15) is 0 Å². The molecule has 0 bridgehead atoms. The summed E-state index contributed by atoms with van der Waals surface area (Å²) in [5, 5.41) is 5.04. The Morgan fingerprint density at radius 1 is 1.30 bits per heavy atom. The maximum atomic E-state index is 6.31. The van der Waals surface area contributed by atoms with Crippen LogP contribution in [0.15, 0.2) is 18.2 Å². The van der Waals surface area contributed by atoms with Gasteiger partial charge in [0.25, 0.3) is 0 Å². The van der Waals surface area contributed by atoms with Crippen LogP contribution >= 0.6 is 23.2 Å². The third kappa shape index (κ3) is 2.99. The van der Waals surface area contributed by atoms with E-state index in [-0.39, 0.29) is 6.04 Å². The van der Waals surface area contributed by atoms with Gasteiger partial charge >= 0.3 is 0 Å². The molecule has 1 saturated heterocycles. The van der Waals surface area contributed by atoms with Gasteiger partial charge in [0, 0.05) is 30.7 Å². The van der Waals surface area contributed by atoms with E-state index in [4.69, 9.17) is 23.2 Å². The Balaban J connectivity index is 1.64. The van der Waals surface area contributed by atoms with Crippen LogP contribution in [-0.2, 0) is 0 Å². The fourth-order valence-electron chi connectivity index (χ4n) is 3.39. The Hall–Kier alpha value is -0.280. The van der Waals surface area contributed by atoms with E-state index in [0.29, 0.717) is 22.1 Å². The van der Waals surface area contributed by atoms with E-state index in [1.807, 2.05) is 12.1 Å². The summed E-state index contributed by atoms with van der Waals surface area (Å²) in [4.78, 5) is 2.66. The molecule has 0 unspecified atom stereocenters. The average Bonchev–Trinajstić information content (AvgIpc) is 3.17. The molecule has 2 aliphatic rings. The quantitative estimate of drug-likeness (QED) is 0.893. The van der Waals surface area contributed by atoms with Gasteiger partial charge in [-0.2, -0.15) is 0 Å². The van der Waals surface area contributed by atoms with Gasteiger partial charge in [-0.15, -0.1) is 0 Å². The molecule has 0 amide bonds. The molecular formula is C16H22Cl2N2. The van der Waals surface area contributed by atoms with Crippen molar-refractivity contribution in [1.29, 1.82) is 0 Å². The molecule has 1 aliphatic carbocycles. The van der Waals surface area contributed by atoms with Crippen LogP contribution in [0.25, 0.3) is 0 Å². The number of nitrogens with one attached hydrogen (secondary N) is 1. The molecule has 1 aromatic carbocycles. The highest BCUT2D eigenvalue weighted by atomic mass is 35.5. The number of nitrogens with zero attached hydrogens (tertiary/aromatic N) is 1. The Labute approximate surface area is 131 Å². The van der Waals surface area contributed by atoms with E-state index < -0.39 is 0 Å². The van der Waals surface area contributed by atoms with Crippen LogP contribution in [0.5, 0.6) is 0 Å². The molecule has 20 heavy (non-hydrogen) atoms. The SMILES string of the molecule is C[C@H](N[C@H]1C[C@@H](C)N(C2CC2)C1)c1cccc(Cl)c1Cl. The number of halogens is 2. The highest BCUT2D eigenvalue weighted by Gasteiger charge is 2.39. The lowest BCUT2D eigenvalue weighted by Crippen LogP contribution is -2.35. The first kappa shape index (κ1) is 14.6. The van der Waals surface area contributed by atoms with Crippen LogP contribution in [0, 0.1) is 0 Å². The molecule has 1 saturated carbocycles. The maximum Gasteiger partial charge on any atom is 0.0639 e. The number of rotatable bonds is 4. The summed E-state index contributed by atoms with van der Waals surface area (Å²) < 4.78 is 0. The largest absolute Gasteiger partial charge is 0.306 e. The standard InChI is InChI=1S/C16H22Cl2N2/c1-10-8-12(9-20(10)13-6-7-13)19-11(2)14-4-3-5-15(17)16(14)18/h3-5,10-13,19H,6-9H2,1-2H3/t10-,11+,12+/m1/s1. The molecule has 2 fully saturated rings. The van der Waals surface area contributed by atoms with E-state index in [0.717, 1.165) is 18.2 Å². The summed E-state index contributed by atoms with van der Waals surface area (Å²) in [5.74, 6) is 0. The van der Waals surface area contributed by atoms with Gasteiger partial charge in [0.05, 0.1) is 10.0 Å². The minimum absolute atomic E-state index is 0.234. The van der Waals surface area contributed by atoms with Gasteiger partial charge in [-0.25, -0.2) is 0 Å². The Bertz CT molecular complexity index is 487. The molecule has 1 aliphatic heterocycles. The summed E-state index contributed by atoms with van der Waals surface area (Å²) in [6.45, 7) is 5.67. The lowest BCUT2D eigenvalue weighted by molar-refractivity contribution is 0.254. The lowest BCUT2D eigenvalue weighted by atomic mass is 10.1. The monoisotopic (exact) mass is 312 g/mol. The molecule has 1 N–H and O–H groups in total. The minimum Gasteiger partial charge on any atom is -0.306 e. The van der Waals surface area contributed by atoms with Crippen molar-refractivity contribution in [3.63, 3.8) is 0 Å². The van der Waals surface area contributed by atoms with Crippen LogP contribution in [0.1, 0.15) is 44.7 Å². The predicted octanol–water partition coefficient (Wildman–Crippen LogP) is 4.27. The van der Waals surface area contributed by atoms with Crippen molar-refractivity contribution in [2.45, 2.75) is 57.3 Å². The molecule has 1 heterocycles. The van der Waals surface area contributed by atoms with Gasteiger partial charge in [0.2, 0.25) is 0 Å². The van der Waals surface area contributed by atoms with Gasteiger partial charge < -0.3 is 5.32 Å². The van der Waals surface area contributed by atoms with Crippen molar-refractivity contribution < 1.29 is 0 Å². The summed E-state index contributed by atoms with van der Waals surface area (Å²) in [5.41, 5.74) is 1.09. The molecule has 0 spiro atoms. The second-order valence-corrected chi connectivity index (χ2v) is 7.03. The van der Waals surface area contributed by atoms with Gasteiger partial charge in [0.1, 0.15) is 0 Å². The molecule has 2 nitrogen and oxygen atoms in total. The van der Waals surface area contributed by atoms with Crippen LogP contribution in [0.4, 0.5) is 0 Å². The molecular weight excluding hydrogens is 291 g/mol. The average molecular weight is 313 g/mol. The first-order valence-corrected chi connectivity index (χ1v) is 8.27. The summed E-state index contributed by atoms with van der Waals surface area (Å²) in [6.07, 6.45) is 3.98. The predicted molar refractivity (Wildman–Crippen MR) is 85.6 cm³/mol. The van der Waals surface area contributed by atoms with E-state index in [2.05, 4.69) is 30.1 Å². The van der Waals surface area contributed by atoms with E-state index in [1.165, 1.54) is 19.3 Å². The minimum atomic E-state index is 0.234. The van der Waals surface area contributed by atoms with Crippen LogP contribution in [0.3, 0.4) is 0 Å². The topological polar surface area (TPSA) is 15.3 Å². The van der Waals surface area contributed by atoms with Crippen molar-refractivity contribution in [3.05, 3.63) is 33.8 Å². The third-order valence-electron chi connectivity index (χ3n) is 4.57. The van der Waals surface area contributed by atoms with Crippen molar-refractivity contribution in [1.82, 2.24) is 10.2 Å². The van der Waals surface area contributed by atoms with Crippen molar-refractivity contribution in [3.8, 4) is 0 Å². The first-order valence-electron chi connectivity index (χ1n) is 7.52. The third-order valence-corrected chi connectivity index (χ3v) is 5.41. The van der Waals surface area contributed by atoms with Crippen molar-refractivity contribution >= 4 is 23.2 Å². The highest BCUT2D eigenvalue weighted by Crippen LogP contribution is 2.35. The van der Waals surface area contributed by atoms with E-state index in [1.54, 1.807) is 0 Å². The highest BCUT2D eigenvalue weighted by molar-refractivity contribution is 6.42. The molecule has 3 rings (SSSR count). The van der Waals surface area contributed by atoms with Gasteiger partial charge in [0.15, 0.2) is 0 Å². The Morgan fingerprint density at radius 3 is 2.75 bits per heavy atom. The Morgan fingerprint density at radius 2 is 2.05 bits per heavy atom. The van der Waals surface area contributed by atoms with Crippen LogP contribution in [-0.4, -0.2) is 29.6 Å². The van der Waals surface area contributed by atoms with E-state index >= 15 is 0 Å². The summed E-state index contributed by atoms with van der Waals surface area (Å²) >= 11 is 12.4.